The Kier molecular flexibility index (Phi) is 6.32. The number of hydrogen-bond donors (Lipinski definition) is 1. The standard InChI is InChI=1S/C28H23N3O4/c32-26-11-10-22(16-23(26)27(33)20-4-2-1-3-5-20)25-18-29-17-24(30-25)19-6-8-21(9-7-19)28(34)31-12-14-35-15-13-31/h1-11,16-18,32H,12-15H2. The molecule has 0 atom stereocenters. The first kappa shape index (κ1) is 22.4. The molecule has 0 radical (unpaired) electrons. The van der Waals surface area contributed by atoms with E-state index in [1.54, 1.807) is 65.8 Å². The Morgan fingerprint density at radius 1 is 0.800 bits per heavy atom. The van der Waals surface area contributed by atoms with E-state index < -0.39 is 0 Å². The number of carbonyl (C=O) groups excluding carboxylic acids is 2. The molecule has 1 fully saturated rings. The summed E-state index contributed by atoms with van der Waals surface area (Å²) in [6.07, 6.45) is 3.27. The first-order valence-corrected chi connectivity index (χ1v) is 11.3. The SMILES string of the molecule is O=C(c1ccccc1)c1cc(-c2cncc(-c3ccc(C(=O)N4CCOCC4)cc3)n2)ccc1O. The highest BCUT2D eigenvalue weighted by Gasteiger charge is 2.19. The molecule has 174 valence electrons. The van der Waals surface area contributed by atoms with Gasteiger partial charge in [0.1, 0.15) is 5.75 Å². The van der Waals surface area contributed by atoms with E-state index in [1.807, 2.05) is 18.2 Å². The molecule has 0 aliphatic carbocycles. The van der Waals surface area contributed by atoms with Crippen molar-refractivity contribution in [3.8, 4) is 28.3 Å². The van der Waals surface area contributed by atoms with Crippen LogP contribution in [0.15, 0.2) is 85.2 Å². The van der Waals surface area contributed by atoms with Gasteiger partial charge in [-0.25, -0.2) is 4.98 Å². The van der Waals surface area contributed by atoms with Crippen LogP contribution in [0.4, 0.5) is 0 Å². The number of ether oxygens (including phenoxy) is 1. The number of hydrogen-bond acceptors (Lipinski definition) is 6. The highest BCUT2D eigenvalue weighted by Crippen LogP contribution is 2.28. The number of ketones is 1. The quantitative estimate of drug-likeness (QED) is 0.444. The topological polar surface area (TPSA) is 92.6 Å². The second kappa shape index (κ2) is 9.87. The maximum absolute atomic E-state index is 12.9. The van der Waals surface area contributed by atoms with Crippen LogP contribution >= 0.6 is 0 Å². The lowest BCUT2D eigenvalue weighted by Crippen LogP contribution is -2.40. The van der Waals surface area contributed by atoms with E-state index in [0.29, 0.717) is 54.4 Å². The van der Waals surface area contributed by atoms with Crippen molar-refractivity contribution in [1.82, 2.24) is 14.9 Å². The Morgan fingerprint density at radius 3 is 2.17 bits per heavy atom. The molecule has 1 aromatic heterocycles. The molecule has 7 nitrogen and oxygen atoms in total. The average Bonchev–Trinajstić information content (AvgIpc) is 2.93. The van der Waals surface area contributed by atoms with Gasteiger partial charge in [0.25, 0.3) is 5.91 Å². The molecule has 0 spiro atoms. The van der Waals surface area contributed by atoms with Gasteiger partial charge < -0.3 is 14.7 Å². The fourth-order valence-electron chi connectivity index (χ4n) is 4.00. The minimum absolute atomic E-state index is 0.0145. The average molecular weight is 466 g/mol. The van der Waals surface area contributed by atoms with Gasteiger partial charge in [-0.3, -0.25) is 14.6 Å². The van der Waals surface area contributed by atoms with Crippen LogP contribution in [0.1, 0.15) is 26.3 Å². The molecular weight excluding hydrogens is 442 g/mol. The normalized spacial score (nSPS) is 13.4. The van der Waals surface area contributed by atoms with Gasteiger partial charge in [-0.05, 0) is 30.3 Å². The lowest BCUT2D eigenvalue weighted by molar-refractivity contribution is 0.0303. The molecule has 2 heterocycles. The summed E-state index contributed by atoms with van der Waals surface area (Å²) >= 11 is 0. The second-order valence-corrected chi connectivity index (χ2v) is 8.20. The Hall–Kier alpha value is -4.36. The van der Waals surface area contributed by atoms with Crippen molar-refractivity contribution in [3.05, 3.63) is 102 Å². The zero-order valence-corrected chi connectivity index (χ0v) is 18.9. The second-order valence-electron chi connectivity index (χ2n) is 8.20. The molecule has 0 saturated carbocycles. The number of amides is 1. The first-order chi connectivity index (χ1) is 17.1. The van der Waals surface area contributed by atoms with Gasteiger partial charge in [-0.1, -0.05) is 42.5 Å². The van der Waals surface area contributed by atoms with E-state index >= 15 is 0 Å². The van der Waals surface area contributed by atoms with Crippen molar-refractivity contribution in [2.45, 2.75) is 0 Å². The Morgan fingerprint density at radius 2 is 1.46 bits per heavy atom. The van der Waals surface area contributed by atoms with Crippen molar-refractivity contribution in [2.75, 3.05) is 26.3 Å². The largest absolute Gasteiger partial charge is 0.507 e. The summed E-state index contributed by atoms with van der Waals surface area (Å²) in [4.78, 5) is 36.4. The number of aromatic hydroxyl groups is 1. The van der Waals surface area contributed by atoms with E-state index in [4.69, 9.17) is 9.72 Å². The maximum Gasteiger partial charge on any atom is 0.254 e. The van der Waals surface area contributed by atoms with E-state index in [0.717, 1.165) is 5.56 Å². The minimum atomic E-state index is -0.269. The summed E-state index contributed by atoms with van der Waals surface area (Å²) in [6, 6.07) is 20.9. The third kappa shape index (κ3) is 4.81. The summed E-state index contributed by atoms with van der Waals surface area (Å²) in [5.74, 6) is -0.374. The van der Waals surface area contributed by atoms with Crippen molar-refractivity contribution in [3.63, 3.8) is 0 Å². The van der Waals surface area contributed by atoms with Gasteiger partial charge in [0.05, 0.1) is 42.6 Å². The van der Waals surface area contributed by atoms with Crippen molar-refractivity contribution < 1.29 is 19.4 Å². The third-order valence-electron chi connectivity index (χ3n) is 5.93. The van der Waals surface area contributed by atoms with E-state index in [2.05, 4.69) is 4.98 Å². The third-order valence-corrected chi connectivity index (χ3v) is 5.93. The van der Waals surface area contributed by atoms with Gasteiger partial charge in [0.15, 0.2) is 5.78 Å². The zero-order chi connectivity index (χ0) is 24.2. The molecule has 1 amide bonds. The predicted molar refractivity (Wildman–Crippen MR) is 131 cm³/mol. The number of nitrogens with zero attached hydrogens (tertiary/aromatic N) is 3. The Bertz CT molecular complexity index is 1360. The zero-order valence-electron chi connectivity index (χ0n) is 18.9. The highest BCUT2D eigenvalue weighted by atomic mass is 16.5. The molecule has 7 heteroatoms. The van der Waals surface area contributed by atoms with Crippen molar-refractivity contribution >= 4 is 11.7 Å². The summed E-state index contributed by atoms with van der Waals surface area (Å²) in [5, 5.41) is 10.3. The number of rotatable bonds is 5. The van der Waals surface area contributed by atoms with Gasteiger partial charge in [-0.15, -0.1) is 0 Å². The highest BCUT2D eigenvalue weighted by molar-refractivity contribution is 6.11. The summed E-state index contributed by atoms with van der Waals surface area (Å²) in [6.45, 7) is 2.30. The van der Waals surface area contributed by atoms with E-state index in [9.17, 15) is 14.7 Å². The molecule has 5 rings (SSSR count). The number of phenols is 1. The smallest absolute Gasteiger partial charge is 0.254 e. The van der Waals surface area contributed by atoms with Gasteiger partial charge in [0.2, 0.25) is 0 Å². The molecule has 1 N–H and O–H groups in total. The van der Waals surface area contributed by atoms with Crippen LogP contribution in [0.2, 0.25) is 0 Å². The molecule has 4 aromatic rings. The van der Waals surface area contributed by atoms with Crippen LogP contribution in [-0.4, -0.2) is 58.0 Å². The fraction of sp³-hybridized carbons (Fsp3) is 0.143. The summed E-state index contributed by atoms with van der Waals surface area (Å²) < 4.78 is 5.32. The van der Waals surface area contributed by atoms with Gasteiger partial charge in [0, 0.05) is 35.3 Å². The molecule has 35 heavy (non-hydrogen) atoms. The molecule has 0 unspecified atom stereocenters. The van der Waals surface area contributed by atoms with Crippen LogP contribution in [0, 0.1) is 0 Å². The number of morpholine rings is 1. The molecular formula is C28H23N3O4. The summed E-state index contributed by atoms with van der Waals surface area (Å²) in [7, 11) is 0. The molecule has 1 aliphatic heterocycles. The number of carbonyl (C=O) groups is 2. The number of phenolic OH excluding ortho intramolecular Hbond substituents is 1. The minimum Gasteiger partial charge on any atom is -0.507 e. The Labute approximate surface area is 202 Å². The van der Waals surface area contributed by atoms with Crippen LogP contribution in [0.3, 0.4) is 0 Å². The Balaban J connectivity index is 1.40. The van der Waals surface area contributed by atoms with Gasteiger partial charge >= 0.3 is 0 Å². The fourth-order valence-corrected chi connectivity index (χ4v) is 4.00. The molecule has 0 bridgehead atoms. The van der Waals surface area contributed by atoms with Crippen LogP contribution < -0.4 is 0 Å². The van der Waals surface area contributed by atoms with Crippen LogP contribution in [0.25, 0.3) is 22.5 Å². The lowest BCUT2D eigenvalue weighted by Gasteiger charge is -2.26. The van der Waals surface area contributed by atoms with Crippen LogP contribution in [-0.2, 0) is 4.74 Å². The number of benzene rings is 3. The number of aromatic nitrogens is 2. The van der Waals surface area contributed by atoms with E-state index in [-0.39, 0.29) is 23.0 Å². The maximum atomic E-state index is 12.9. The molecule has 1 saturated heterocycles. The van der Waals surface area contributed by atoms with Crippen molar-refractivity contribution in [1.29, 1.82) is 0 Å². The van der Waals surface area contributed by atoms with E-state index in [1.165, 1.54) is 6.07 Å². The predicted octanol–water partition coefficient (Wildman–Crippen LogP) is 4.22. The van der Waals surface area contributed by atoms with Crippen molar-refractivity contribution in [2.24, 2.45) is 0 Å². The van der Waals surface area contributed by atoms with Gasteiger partial charge in [-0.2, -0.15) is 0 Å². The molecule has 3 aromatic carbocycles. The lowest BCUT2D eigenvalue weighted by atomic mass is 9.99. The first-order valence-electron chi connectivity index (χ1n) is 11.3. The monoisotopic (exact) mass is 465 g/mol. The molecule has 1 aliphatic rings. The van der Waals surface area contributed by atoms with Crippen LogP contribution in [0.5, 0.6) is 5.75 Å². The summed E-state index contributed by atoms with van der Waals surface area (Å²) in [5.41, 5.74) is 3.99.